The van der Waals surface area contributed by atoms with Crippen LogP contribution in [-0.2, 0) is 4.74 Å². The van der Waals surface area contributed by atoms with Gasteiger partial charge in [0.2, 0.25) is 0 Å². The van der Waals surface area contributed by atoms with E-state index in [9.17, 15) is 0 Å². The standard InChI is InChI=1S/C16H31NO/c1-4-7-8-9-10-11-12-13-16-17-14(5-2)15(6-3)18-16/h14-15H,4-13H2,1-3H3. The van der Waals surface area contributed by atoms with E-state index < -0.39 is 0 Å². The van der Waals surface area contributed by atoms with Crippen molar-refractivity contribution in [1.82, 2.24) is 0 Å². The van der Waals surface area contributed by atoms with Crippen molar-refractivity contribution < 1.29 is 4.74 Å². The van der Waals surface area contributed by atoms with Crippen LogP contribution in [0.1, 0.15) is 85.0 Å². The van der Waals surface area contributed by atoms with Crippen molar-refractivity contribution in [2.45, 2.75) is 97.1 Å². The van der Waals surface area contributed by atoms with E-state index in [1.165, 1.54) is 44.9 Å². The van der Waals surface area contributed by atoms with Crippen molar-refractivity contribution in [1.29, 1.82) is 0 Å². The Balaban J connectivity index is 2.06. The maximum atomic E-state index is 5.91. The lowest BCUT2D eigenvalue weighted by Crippen LogP contribution is -2.20. The molecule has 0 spiro atoms. The first-order valence-electron chi connectivity index (χ1n) is 8.05. The van der Waals surface area contributed by atoms with Gasteiger partial charge in [-0.25, -0.2) is 4.99 Å². The van der Waals surface area contributed by atoms with Gasteiger partial charge in [0.15, 0.2) is 5.90 Å². The molecule has 2 nitrogen and oxygen atoms in total. The van der Waals surface area contributed by atoms with Gasteiger partial charge in [0.25, 0.3) is 0 Å². The number of nitrogens with zero attached hydrogens (tertiary/aromatic N) is 1. The fraction of sp³-hybridized carbons (Fsp3) is 0.938. The quantitative estimate of drug-likeness (QED) is 0.496. The number of aliphatic imine (C=N–C) groups is 1. The normalized spacial score (nSPS) is 22.9. The minimum Gasteiger partial charge on any atom is -0.475 e. The summed E-state index contributed by atoms with van der Waals surface area (Å²) in [6.07, 6.45) is 13.1. The van der Waals surface area contributed by atoms with Crippen LogP contribution in [0.4, 0.5) is 0 Å². The molecule has 0 saturated carbocycles. The molecule has 0 bridgehead atoms. The van der Waals surface area contributed by atoms with E-state index in [-0.39, 0.29) is 0 Å². The van der Waals surface area contributed by atoms with Crippen LogP contribution in [0, 0.1) is 0 Å². The minimum absolute atomic E-state index is 0.356. The van der Waals surface area contributed by atoms with Gasteiger partial charge in [-0.3, -0.25) is 0 Å². The Morgan fingerprint density at radius 2 is 1.56 bits per heavy atom. The van der Waals surface area contributed by atoms with Crippen LogP contribution in [0.3, 0.4) is 0 Å². The van der Waals surface area contributed by atoms with E-state index in [1.54, 1.807) is 0 Å². The van der Waals surface area contributed by atoms with Gasteiger partial charge in [0.05, 0.1) is 6.04 Å². The van der Waals surface area contributed by atoms with Gasteiger partial charge in [0, 0.05) is 6.42 Å². The van der Waals surface area contributed by atoms with E-state index >= 15 is 0 Å². The Kier molecular flexibility index (Phi) is 8.11. The Morgan fingerprint density at radius 1 is 0.889 bits per heavy atom. The molecule has 0 N–H and O–H groups in total. The zero-order valence-corrected chi connectivity index (χ0v) is 12.6. The molecule has 1 rings (SSSR count). The molecule has 1 aliphatic rings. The van der Waals surface area contributed by atoms with E-state index in [0.717, 1.165) is 25.2 Å². The van der Waals surface area contributed by atoms with Gasteiger partial charge >= 0.3 is 0 Å². The lowest BCUT2D eigenvalue weighted by Gasteiger charge is -2.13. The summed E-state index contributed by atoms with van der Waals surface area (Å²) in [5.41, 5.74) is 0. The zero-order chi connectivity index (χ0) is 13.2. The first-order valence-corrected chi connectivity index (χ1v) is 8.05. The van der Waals surface area contributed by atoms with Gasteiger partial charge in [-0.15, -0.1) is 0 Å². The predicted molar refractivity (Wildman–Crippen MR) is 79.3 cm³/mol. The van der Waals surface area contributed by atoms with E-state index in [1.807, 2.05) is 0 Å². The first kappa shape index (κ1) is 15.5. The molecule has 0 aromatic heterocycles. The van der Waals surface area contributed by atoms with Crippen molar-refractivity contribution in [2.24, 2.45) is 4.99 Å². The highest BCUT2D eigenvalue weighted by Crippen LogP contribution is 2.21. The monoisotopic (exact) mass is 253 g/mol. The molecule has 2 unspecified atom stereocenters. The largest absolute Gasteiger partial charge is 0.475 e. The maximum Gasteiger partial charge on any atom is 0.184 e. The number of hydrogen-bond donors (Lipinski definition) is 0. The summed E-state index contributed by atoms with van der Waals surface area (Å²) in [5.74, 6) is 1.03. The van der Waals surface area contributed by atoms with Crippen LogP contribution in [-0.4, -0.2) is 18.0 Å². The number of rotatable bonds is 10. The predicted octanol–water partition coefficient (Wildman–Crippen LogP) is 5.11. The van der Waals surface area contributed by atoms with Crippen molar-refractivity contribution in [3.8, 4) is 0 Å². The summed E-state index contributed by atoms with van der Waals surface area (Å²) in [6.45, 7) is 6.67. The number of ether oxygens (including phenoxy) is 1. The molecule has 2 heteroatoms. The maximum absolute atomic E-state index is 5.91. The third-order valence-corrected chi connectivity index (χ3v) is 3.84. The molecule has 0 fully saturated rings. The highest BCUT2D eigenvalue weighted by molar-refractivity contribution is 5.78. The summed E-state index contributed by atoms with van der Waals surface area (Å²) in [5, 5.41) is 0. The molecular formula is C16H31NO. The SMILES string of the molecule is CCCCCCCCCC1=NC(CC)C(CC)O1. The van der Waals surface area contributed by atoms with Gasteiger partial charge in [-0.1, -0.05) is 59.3 Å². The summed E-state index contributed by atoms with van der Waals surface area (Å²) in [7, 11) is 0. The van der Waals surface area contributed by atoms with E-state index in [4.69, 9.17) is 9.73 Å². The zero-order valence-electron chi connectivity index (χ0n) is 12.6. The third-order valence-electron chi connectivity index (χ3n) is 3.84. The van der Waals surface area contributed by atoms with Crippen LogP contribution in [0.5, 0.6) is 0 Å². The third kappa shape index (κ3) is 5.41. The summed E-state index contributed by atoms with van der Waals surface area (Å²) >= 11 is 0. The molecule has 0 amide bonds. The van der Waals surface area contributed by atoms with Gasteiger partial charge in [0.1, 0.15) is 6.10 Å². The number of unbranched alkanes of at least 4 members (excludes halogenated alkanes) is 6. The molecule has 0 radical (unpaired) electrons. The van der Waals surface area contributed by atoms with Crippen LogP contribution < -0.4 is 0 Å². The first-order chi connectivity index (χ1) is 8.81. The molecule has 0 aromatic carbocycles. The second kappa shape index (κ2) is 9.41. The smallest absolute Gasteiger partial charge is 0.184 e. The molecular weight excluding hydrogens is 222 g/mol. The van der Waals surface area contributed by atoms with Crippen molar-refractivity contribution >= 4 is 5.90 Å². The topological polar surface area (TPSA) is 21.6 Å². The van der Waals surface area contributed by atoms with Gasteiger partial charge < -0.3 is 4.74 Å². The molecule has 0 saturated heterocycles. The highest BCUT2D eigenvalue weighted by atomic mass is 16.5. The summed E-state index contributed by atoms with van der Waals surface area (Å²) < 4.78 is 5.91. The fourth-order valence-corrected chi connectivity index (χ4v) is 2.62. The molecule has 106 valence electrons. The average molecular weight is 253 g/mol. The molecule has 0 aromatic rings. The van der Waals surface area contributed by atoms with Crippen LogP contribution in [0.15, 0.2) is 4.99 Å². The van der Waals surface area contributed by atoms with Crippen molar-refractivity contribution in [3.05, 3.63) is 0 Å². The molecule has 2 atom stereocenters. The fourth-order valence-electron chi connectivity index (χ4n) is 2.62. The van der Waals surface area contributed by atoms with E-state index in [0.29, 0.717) is 12.1 Å². The molecule has 0 aliphatic carbocycles. The van der Waals surface area contributed by atoms with Crippen LogP contribution in [0.25, 0.3) is 0 Å². The Labute approximate surface area is 113 Å². The lowest BCUT2D eigenvalue weighted by molar-refractivity contribution is 0.180. The van der Waals surface area contributed by atoms with E-state index in [2.05, 4.69) is 20.8 Å². The Bertz CT molecular complexity index is 237. The summed E-state index contributed by atoms with van der Waals surface area (Å²) in [6, 6.07) is 0.426. The second-order valence-corrected chi connectivity index (χ2v) is 5.43. The Hall–Kier alpha value is -0.530. The van der Waals surface area contributed by atoms with Crippen LogP contribution in [0.2, 0.25) is 0 Å². The lowest BCUT2D eigenvalue weighted by atomic mass is 10.1. The van der Waals surface area contributed by atoms with Gasteiger partial charge in [-0.2, -0.15) is 0 Å². The number of hydrogen-bond acceptors (Lipinski definition) is 2. The Morgan fingerprint density at radius 3 is 2.11 bits per heavy atom. The average Bonchev–Trinajstić information content (AvgIpc) is 2.80. The highest BCUT2D eigenvalue weighted by Gasteiger charge is 2.27. The molecule has 1 heterocycles. The molecule has 18 heavy (non-hydrogen) atoms. The van der Waals surface area contributed by atoms with Crippen LogP contribution >= 0.6 is 0 Å². The van der Waals surface area contributed by atoms with Crippen molar-refractivity contribution in [2.75, 3.05) is 0 Å². The minimum atomic E-state index is 0.356. The molecule has 1 aliphatic heterocycles. The van der Waals surface area contributed by atoms with Gasteiger partial charge in [-0.05, 0) is 19.3 Å². The summed E-state index contributed by atoms with van der Waals surface area (Å²) in [4.78, 5) is 4.70. The van der Waals surface area contributed by atoms with Crippen molar-refractivity contribution in [3.63, 3.8) is 0 Å². The second-order valence-electron chi connectivity index (χ2n) is 5.43.